The van der Waals surface area contributed by atoms with Gasteiger partial charge in [-0.1, -0.05) is 53.9 Å². The van der Waals surface area contributed by atoms with Crippen LogP contribution in [0.4, 0.5) is 0 Å². The monoisotopic (exact) mass is 295 g/mol. The molecule has 0 heterocycles. The summed E-state index contributed by atoms with van der Waals surface area (Å²) in [6.07, 6.45) is 6.59. The Balaban J connectivity index is 1.70. The molecule has 0 aliphatic heterocycles. The van der Waals surface area contributed by atoms with Crippen LogP contribution in [0, 0.1) is 0 Å². The number of benzene rings is 1. The predicted molar refractivity (Wildman–Crippen MR) is 77.4 cm³/mol. The van der Waals surface area contributed by atoms with Gasteiger partial charge in [-0.15, -0.1) is 0 Å². The second kappa shape index (κ2) is 6.55. The molecule has 1 aliphatic carbocycles. The average molecular weight is 296 g/mol. The highest BCUT2D eigenvalue weighted by Gasteiger charge is 2.30. The lowest BCUT2D eigenvalue weighted by Gasteiger charge is -2.37. The lowest BCUT2D eigenvalue weighted by Crippen LogP contribution is -2.40. The van der Waals surface area contributed by atoms with E-state index in [2.05, 4.69) is 52.4 Å². The van der Waals surface area contributed by atoms with Crippen molar-refractivity contribution in [3.05, 3.63) is 34.3 Å². The number of halogens is 1. The van der Waals surface area contributed by atoms with Crippen LogP contribution in [-0.4, -0.2) is 12.6 Å². The van der Waals surface area contributed by atoms with E-state index >= 15 is 0 Å². The van der Waals surface area contributed by atoms with Crippen molar-refractivity contribution in [1.29, 1.82) is 0 Å². The predicted octanol–water partition coefficient (Wildman–Crippen LogP) is 4.47. The van der Waals surface area contributed by atoms with Crippen molar-refractivity contribution in [1.82, 2.24) is 5.32 Å². The minimum Gasteiger partial charge on any atom is -0.314 e. The third-order valence-corrected chi connectivity index (χ3v) is 4.42. The quantitative estimate of drug-likeness (QED) is 0.763. The molecule has 2 rings (SSSR count). The Kier molecular flexibility index (Phi) is 5.05. The molecule has 0 amide bonds. The Morgan fingerprint density at radius 1 is 1.24 bits per heavy atom. The molecule has 1 nitrogen and oxygen atoms in total. The molecule has 0 bridgehead atoms. The van der Waals surface area contributed by atoms with Crippen molar-refractivity contribution in [3.8, 4) is 0 Å². The summed E-state index contributed by atoms with van der Waals surface area (Å²) in [4.78, 5) is 0. The van der Waals surface area contributed by atoms with Crippen molar-refractivity contribution in [3.63, 3.8) is 0 Å². The van der Waals surface area contributed by atoms with Gasteiger partial charge in [0.15, 0.2) is 0 Å². The van der Waals surface area contributed by atoms with E-state index in [1.54, 1.807) is 0 Å². The second-order valence-corrected chi connectivity index (χ2v) is 5.90. The first-order valence-electron chi connectivity index (χ1n) is 6.79. The Morgan fingerprint density at radius 2 is 2.00 bits per heavy atom. The first-order valence-corrected chi connectivity index (χ1v) is 7.58. The Morgan fingerprint density at radius 3 is 2.71 bits per heavy atom. The summed E-state index contributed by atoms with van der Waals surface area (Å²) in [5.74, 6) is 0.759. The van der Waals surface area contributed by atoms with Gasteiger partial charge in [-0.05, 0) is 43.4 Å². The van der Waals surface area contributed by atoms with Crippen molar-refractivity contribution < 1.29 is 0 Å². The number of hydrogen-bond donors (Lipinski definition) is 1. The fourth-order valence-electron chi connectivity index (χ4n) is 2.53. The Bertz CT molecular complexity index is 345. The molecule has 0 unspecified atom stereocenters. The Labute approximate surface area is 113 Å². The summed E-state index contributed by atoms with van der Waals surface area (Å²) in [5.41, 5.74) is 1.49. The smallest absolute Gasteiger partial charge is 0.0210 e. The maximum absolute atomic E-state index is 3.66. The topological polar surface area (TPSA) is 12.0 Å². The molecule has 0 saturated heterocycles. The number of hydrogen-bond acceptors (Lipinski definition) is 1. The number of rotatable bonds is 6. The molecule has 0 aromatic heterocycles. The summed E-state index contributed by atoms with van der Waals surface area (Å²) in [6, 6.07) is 9.39. The highest BCUT2D eigenvalue weighted by molar-refractivity contribution is 9.10. The lowest BCUT2D eigenvalue weighted by molar-refractivity contribution is 0.289. The van der Waals surface area contributed by atoms with Gasteiger partial charge in [-0.25, -0.2) is 0 Å². The molecule has 17 heavy (non-hydrogen) atoms. The fraction of sp³-hybridized carbons (Fsp3) is 0.600. The van der Waals surface area contributed by atoms with Crippen LogP contribution in [0.15, 0.2) is 28.7 Å². The van der Waals surface area contributed by atoms with Crippen LogP contribution in [0.5, 0.6) is 0 Å². The molecule has 1 aromatic carbocycles. The average Bonchev–Trinajstić information content (AvgIpc) is 2.28. The van der Waals surface area contributed by atoms with E-state index in [1.165, 1.54) is 48.7 Å². The zero-order valence-electron chi connectivity index (χ0n) is 10.6. The van der Waals surface area contributed by atoms with E-state index in [9.17, 15) is 0 Å². The van der Waals surface area contributed by atoms with Gasteiger partial charge in [0, 0.05) is 10.5 Å². The maximum Gasteiger partial charge on any atom is 0.0210 e. The first-order chi connectivity index (χ1) is 8.31. The molecule has 1 saturated carbocycles. The van der Waals surface area contributed by atoms with Gasteiger partial charge in [-0.2, -0.15) is 0 Å². The van der Waals surface area contributed by atoms with Crippen molar-refractivity contribution in [2.75, 3.05) is 6.54 Å². The highest BCUT2D eigenvalue weighted by Crippen LogP contribution is 2.39. The van der Waals surface area contributed by atoms with Gasteiger partial charge in [0.1, 0.15) is 0 Å². The summed E-state index contributed by atoms with van der Waals surface area (Å²) in [5, 5.41) is 3.66. The standard InChI is InChI=1S/C15H22BrN/c1-2-3-6-9-17-13-10-12(11-13)14-7-4-5-8-15(14)16/h4-5,7-8,12-13,17H,2-3,6,9-11H2,1H3. The minimum absolute atomic E-state index is 0.754. The largest absolute Gasteiger partial charge is 0.314 e. The number of nitrogens with one attached hydrogen (secondary N) is 1. The highest BCUT2D eigenvalue weighted by atomic mass is 79.9. The van der Waals surface area contributed by atoms with E-state index in [1.807, 2.05) is 0 Å². The molecule has 0 radical (unpaired) electrons. The third kappa shape index (κ3) is 3.56. The fourth-order valence-corrected chi connectivity index (χ4v) is 3.13. The van der Waals surface area contributed by atoms with E-state index in [4.69, 9.17) is 0 Å². The van der Waals surface area contributed by atoms with Crippen LogP contribution in [0.2, 0.25) is 0 Å². The summed E-state index contributed by atoms with van der Waals surface area (Å²) in [6.45, 7) is 3.45. The Hall–Kier alpha value is -0.340. The summed E-state index contributed by atoms with van der Waals surface area (Å²) < 4.78 is 1.27. The van der Waals surface area contributed by atoms with Crippen LogP contribution >= 0.6 is 15.9 Å². The summed E-state index contributed by atoms with van der Waals surface area (Å²) >= 11 is 3.64. The second-order valence-electron chi connectivity index (χ2n) is 5.05. The van der Waals surface area contributed by atoms with Crippen LogP contribution in [0.25, 0.3) is 0 Å². The minimum atomic E-state index is 0.754. The van der Waals surface area contributed by atoms with Crippen LogP contribution < -0.4 is 5.32 Å². The van der Waals surface area contributed by atoms with E-state index in [-0.39, 0.29) is 0 Å². The van der Waals surface area contributed by atoms with Gasteiger partial charge in [-0.3, -0.25) is 0 Å². The van der Waals surface area contributed by atoms with E-state index in [0.29, 0.717) is 0 Å². The zero-order chi connectivity index (χ0) is 12.1. The van der Waals surface area contributed by atoms with Gasteiger partial charge in [0.05, 0.1) is 0 Å². The van der Waals surface area contributed by atoms with Crippen molar-refractivity contribution >= 4 is 15.9 Å². The molecular weight excluding hydrogens is 274 g/mol. The molecule has 1 aliphatic rings. The molecule has 1 aromatic rings. The van der Waals surface area contributed by atoms with Crippen LogP contribution in [0.3, 0.4) is 0 Å². The summed E-state index contributed by atoms with van der Waals surface area (Å²) in [7, 11) is 0. The van der Waals surface area contributed by atoms with E-state index < -0.39 is 0 Å². The van der Waals surface area contributed by atoms with Crippen molar-refractivity contribution in [2.45, 2.75) is 51.0 Å². The normalized spacial score (nSPS) is 23.4. The first kappa shape index (κ1) is 13.1. The van der Waals surface area contributed by atoms with Crippen LogP contribution in [-0.2, 0) is 0 Å². The molecule has 1 fully saturated rings. The lowest BCUT2D eigenvalue weighted by atomic mass is 9.76. The van der Waals surface area contributed by atoms with Gasteiger partial charge >= 0.3 is 0 Å². The van der Waals surface area contributed by atoms with Gasteiger partial charge < -0.3 is 5.32 Å². The number of unbranched alkanes of at least 4 members (excludes halogenated alkanes) is 2. The molecular formula is C15H22BrN. The van der Waals surface area contributed by atoms with Crippen LogP contribution in [0.1, 0.15) is 50.5 Å². The van der Waals surface area contributed by atoms with Gasteiger partial charge in [0.2, 0.25) is 0 Å². The molecule has 0 atom stereocenters. The van der Waals surface area contributed by atoms with Crippen molar-refractivity contribution in [2.24, 2.45) is 0 Å². The van der Waals surface area contributed by atoms with Gasteiger partial charge in [0.25, 0.3) is 0 Å². The SMILES string of the molecule is CCCCCNC1CC(c2ccccc2Br)C1. The zero-order valence-corrected chi connectivity index (χ0v) is 12.2. The molecule has 2 heteroatoms. The third-order valence-electron chi connectivity index (χ3n) is 3.70. The van der Waals surface area contributed by atoms with E-state index in [0.717, 1.165) is 12.0 Å². The molecule has 94 valence electrons. The molecule has 0 spiro atoms. The molecule has 1 N–H and O–H groups in total. The maximum atomic E-state index is 3.66.